The zero-order valence-electron chi connectivity index (χ0n) is 9.90. The number of benzene rings is 1. The minimum Gasteiger partial charge on any atom is -0.299 e. The van der Waals surface area contributed by atoms with Crippen molar-refractivity contribution in [2.45, 2.75) is 20.3 Å². The summed E-state index contributed by atoms with van der Waals surface area (Å²) in [4.78, 5) is 24.1. The first-order valence-electron chi connectivity index (χ1n) is 5.62. The Labute approximate surface area is 104 Å². The van der Waals surface area contributed by atoms with E-state index in [1.165, 1.54) is 11.3 Å². The molecule has 0 spiro atoms. The van der Waals surface area contributed by atoms with Crippen molar-refractivity contribution in [3.63, 3.8) is 0 Å². The number of ketones is 2. The smallest absolute Gasteiger partial charge is 0.180 e. The summed E-state index contributed by atoms with van der Waals surface area (Å²) in [5.74, 6) is -0.134. The molecule has 88 valence electrons. The van der Waals surface area contributed by atoms with Crippen molar-refractivity contribution in [2.75, 3.05) is 0 Å². The molecule has 0 atom stereocenters. The van der Waals surface area contributed by atoms with Gasteiger partial charge in [0.05, 0.1) is 11.3 Å². The molecule has 0 aliphatic heterocycles. The van der Waals surface area contributed by atoms with Crippen LogP contribution in [0.4, 0.5) is 0 Å². The molecule has 0 aliphatic carbocycles. The zero-order chi connectivity index (χ0) is 12.4. The van der Waals surface area contributed by atoms with E-state index in [1.54, 1.807) is 0 Å². The molecular weight excluding hydrogens is 232 g/mol. The van der Waals surface area contributed by atoms with Crippen molar-refractivity contribution in [1.29, 1.82) is 0 Å². The van der Waals surface area contributed by atoms with E-state index in [9.17, 15) is 9.59 Å². The molecule has 0 N–H and O–H groups in total. The second kappa shape index (κ2) is 4.80. The number of hydrogen-bond donors (Lipinski definition) is 0. The molecule has 0 saturated heterocycles. The lowest BCUT2D eigenvalue weighted by Gasteiger charge is -2.01. The molecule has 1 aromatic carbocycles. The quantitative estimate of drug-likeness (QED) is 0.609. The van der Waals surface area contributed by atoms with Crippen LogP contribution in [-0.4, -0.2) is 11.6 Å². The molecule has 1 aromatic heterocycles. The highest BCUT2D eigenvalue weighted by Gasteiger charge is 2.16. The van der Waals surface area contributed by atoms with Crippen LogP contribution in [0.2, 0.25) is 0 Å². The third-order valence-electron chi connectivity index (χ3n) is 2.68. The molecule has 0 fully saturated rings. The monoisotopic (exact) mass is 246 g/mol. The maximum Gasteiger partial charge on any atom is 0.180 e. The molecule has 0 amide bonds. The van der Waals surface area contributed by atoms with Gasteiger partial charge in [0.2, 0.25) is 0 Å². The topological polar surface area (TPSA) is 34.1 Å². The van der Waals surface area contributed by atoms with Crippen LogP contribution in [-0.2, 0) is 4.79 Å². The standard InChI is InChI=1S/C14H14O2S/c1-9(2)11(15)8-12(16)14-7-10-5-3-4-6-13(10)17-14/h3-7,9H,8H2,1-2H3. The van der Waals surface area contributed by atoms with Crippen molar-refractivity contribution in [3.8, 4) is 0 Å². The van der Waals surface area contributed by atoms with E-state index in [-0.39, 0.29) is 23.9 Å². The van der Waals surface area contributed by atoms with Gasteiger partial charge in [0.1, 0.15) is 5.78 Å². The van der Waals surface area contributed by atoms with E-state index in [4.69, 9.17) is 0 Å². The number of hydrogen-bond acceptors (Lipinski definition) is 3. The van der Waals surface area contributed by atoms with Crippen LogP contribution in [0.3, 0.4) is 0 Å². The fraction of sp³-hybridized carbons (Fsp3) is 0.286. The average molecular weight is 246 g/mol. The van der Waals surface area contributed by atoms with Gasteiger partial charge in [-0.15, -0.1) is 11.3 Å². The van der Waals surface area contributed by atoms with Crippen LogP contribution in [0.5, 0.6) is 0 Å². The summed E-state index contributed by atoms with van der Waals surface area (Å²) in [6, 6.07) is 9.73. The molecule has 0 radical (unpaired) electrons. The lowest BCUT2D eigenvalue weighted by atomic mass is 10.0. The summed E-state index contributed by atoms with van der Waals surface area (Å²) in [7, 11) is 0. The second-order valence-electron chi connectivity index (χ2n) is 4.37. The van der Waals surface area contributed by atoms with Gasteiger partial charge in [-0.25, -0.2) is 0 Å². The van der Waals surface area contributed by atoms with E-state index in [0.29, 0.717) is 4.88 Å². The summed E-state index contributed by atoms with van der Waals surface area (Å²) in [6.07, 6.45) is 0.0183. The summed E-state index contributed by atoms with van der Waals surface area (Å²) in [5.41, 5.74) is 0. The molecular formula is C14H14O2S. The Morgan fingerprint density at radius 2 is 1.94 bits per heavy atom. The minimum absolute atomic E-state index is 0.00690. The van der Waals surface area contributed by atoms with E-state index in [0.717, 1.165) is 10.1 Å². The number of rotatable bonds is 4. The molecule has 3 heteroatoms. The van der Waals surface area contributed by atoms with Gasteiger partial charge in [0.25, 0.3) is 0 Å². The van der Waals surface area contributed by atoms with Gasteiger partial charge in [0.15, 0.2) is 5.78 Å². The summed E-state index contributed by atoms with van der Waals surface area (Å²) < 4.78 is 1.09. The molecule has 2 aromatic rings. The van der Waals surface area contributed by atoms with E-state index >= 15 is 0 Å². The average Bonchev–Trinajstić information content (AvgIpc) is 2.72. The number of Topliss-reactive ketones (excluding diaryl/α,β-unsaturated/α-hetero) is 2. The third kappa shape index (κ3) is 2.61. The number of carbonyl (C=O) groups excluding carboxylic acids is 2. The van der Waals surface area contributed by atoms with Crippen molar-refractivity contribution in [2.24, 2.45) is 5.92 Å². The van der Waals surface area contributed by atoms with Crippen molar-refractivity contribution in [3.05, 3.63) is 35.2 Å². The van der Waals surface area contributed by atoms with Crippen LogP contribution in [0.15, 0.2) is 30.3 Å². The van der Waals surface area contributed by atoms with E-state index in [2.05, 4.69) is 0 Å². The van der Waals surface area contributed by atoms with Gasteiger partial charge in [-0.05, 0) is 17.5 Å². The number of carbonyl (C=O) groups is 2. The Hall–Kier alpha value is -1.48. The predicted octanol–water partition coefficient (Wildman–Crippen LogP) is 3.70. The highest BCUT2D eigenvalue weighted by atomic mass is 32.1. The van der Waals surface area contributed by atoms with Gasteiger partial charge >= 0.3 is 0 Å². The first kappa shape index (κ1) is 12.0. The van der Waals surface area contributed by atoms with Crippen LogP contribution < -0.4 is 0 Å². The second-order valence-corrected chi connectivity index (χ2v) is 5.45. The summed E-state index contributed by atoms with van der Waals surface area (Å²) in [5, 5.41) is 1.07. The molecule has 0 aliphatic rings. The summed E-state index contributed by atoms with van der Waals surface area (Å²) >= 11 is 1.46. The Morgan fingerprint density at radius 1 is 1.24 bits per heavy atom. The van der Waals surface area contributed by atoms with E-state index in [1.807, 2.05) is 44.2 Å². The molecule has 2 rings (SSSR count). The third-order valence-corrected chi connectivity index (χ3v) is 3.84. The number of fused-ring (bicyclic) bond motifs is 1. The van der Waals surface area contributed by atoms with Gasteiger partial charge in [-0.3, -0.25) is 9.59 Å². The summed E-state index contributed by atoms with van der Waals surface area (Å²) in [6.45, 7) is 3.64. The first-order chi connectivity index (χ1) is 8.08. The van der Waals surface area contributed by atoms with Gasteiger partial charge in [-0.2, -0.15) is 0 Å². The molecule has 2 nitrogen and oxygen atoms in total. The Morgan fingerprint density at radius 3 is 2.59 bits per heavy atom. The molecule has 0 bridgehead atoms. The highest BCUT2D eigenvalue weighted by molar-refractivity contribution is 7.20. The maximum absolute atomic E-state index is 11.9. The van der Waals surface area contributed by atoms with Crippen LogP contribution in [0, 0.1) is 5.92 Å². The fourth-order valence-corrected chi connectivity index (χ4v) is 2.57. The van der Waals surface area contributed by atoms with Crippen LogP contribution >= 0.6 is 11.3 Å². The molecule has 0 unspecified atom stereocenters. The van der Waals surface area contributed by atoms with Crippen LogP contribution in [0.25, 0.3) is 10.1 Å². The lowest BCUT2D eigenvalue weighted by molar-refractivity contribution is -0.121. The largest absolute Gasteiger partial charge is 0.299 e. The Kier molecular flexibility index (Phi) is 3.38. The molecule has 17 heavy (non-hydrogen) atoms. The maximum atomic E-state index is 11.9. The van der Waals surface area contributed by atoms with E-state index < -0.39 is 0 Å². The van der Waals surface area contributed by atoms with Gasteiger partial charge in [-0.1, -0.05) is 32.0 Å². The first-order valence-corrected chi connectivity index (χ1v) is 6.44. The van der Waals surface area contributed by atoms with Crippen LogP contribution in [0.1, 0.15) is 29.9 Å². The zero-order valence-corrected chi connectivity index (χ0v) is 10.7. The molecule has 0 saturated carbocycles. The predicted molar refractivity (Wildman–Crippen MR) is 70.6 cm³/mol. The lowest BCUT2D eigenvalue weighted by Crippen LogP contribution is -2.12. The van der Waals surface area contributed by atoms with Crippen molar-refractivity contribution in [1.82, 2.24) is 0 Å². The highest BCUT2D eigenvalue weighted by Crippen LogP contribution is 2.26. The van der Waals surface area contributed by atoms with Crippen molar-refractivity contribution >= 4 is 33.0 Å². The minimum atomic E-state index is -0.0756. The van der Waals surface area contributed by atoms with Gasteiger partial charge in [0, 0.05) is 10.6 Å². The molecule has 1 heterocycles. The fourth-order valence-electron chi connectivity index (χ4n) is 1.57. The number of thiophene rings is 1. The van der Waals surface area contributed by atoms with Crippen molar-refractivity contribution < 1.29 is 9.59 Å². The SMILES string of the molecule is CC(C)C(=O)CC(=O)c1cc2ccccc2s1. The Bertz CT molecular complexity index is 533. The normalized spacial score (nSPS) is 11.0. The Balaban J connectivity index is 2.22. The van der Waals surface area contributed by atoms with Gasteiger partial charge < -0.3 is 0 Å².